The predicted octanol–water partition coefficient (Wildman–Crippen LogP) is 3.56. The zero-order valence-corrected chi connectivity index (χ0v) is 21.0. The van der Waals surface area contributed by atoms with Gasteiger partial charge in [-0.15, -0.1) is 0 Å². The number of aromatic nitrogens is 5. The van der Waals surface area contributed by atoms with E-state index in [-0.39, 0.29) is 40.8 Å². The van der Waals surface area contributed by atoms with Crippen LogP contribution < -0.4 is 16.6 Å². The van der Waals surface area contributed by atoms with Gasteiger partial charge in [0.25, 0.3) is 11.5 Å². The van der Waals surface area contributed by atoms with Crippen molar-refractivity contribution in [1.82, 2.24) is 29.6 Å². The number of fused-ring (bicyclic) bond motifs is 2. The van der Waals surface area contributed by atoms with E-state index in [4.69, 9.17) is 0 Å². The van der Waals surface area contributed by atoms with Crippen LogP contribution in [0.15, 0.2) is 46.1 Å². The molecular weight excluding hydrogens is 495 g/mol. The number of halogens is 1. The standard InChI is InChI=1S/C26H27FN6O3S/c27-15-13-20-23(28-14-15)32(18-9-11-37-12-10-18)26(36)33(25(20)35)17-7-5-16(6-8-17)29-24(34)22-19-3-1-2-4-21(19)30-31-22/h1-4,13-14,16-18H,5-12H2,(H,29,34)(H,30,31). The first-order valence-corrected chi connectivity index (χ1v) is 13.8. The zero-order chi connectivity index (χ0) is 25.5. The number of nitrogens with one attached hydrogen (secondary N) is 2. The lowest BCUT2D eigenvalue weighted by Crippen LogP contribution is -2.46. The summed E-state index contributed by atoms with van der Waals surface area (Å²) in [6.07, 6.45) is 5.01. The van der Waals surface area contributed by atoms with Crippen molar-refractivity contribution >= 4 is 39.6 Å². The number of benzene rings is 1. The number of amides is 1. The molecule has 4 aromatic rings. The molecule has 1 amide bonds. The van der Waals surface area contributed by atoms with Gasteiger partial charge in [-0.1, -0.05) is 18.2 Å². The molecular formula is C26H27FN6O3S. The number of rotatable bonds is 4. The van der Waals surface area contributed by atoms with Gasteiger partial charge in [-0.2, -0.15) is 16.9 Å². The number of carbonyl (C=O) groups excluding carboxylic acids is 1. The lowest BCUT2D eigenvalue weighted by Gasteiger charge is -2.31. The van der Waals surface area contributed by atoms with Crippen molar-refractivity contribution in [3.05, 3.63) is 68.9 Å². The van der Waals surface area contributed by atoms with E-state index in [0.29, 0.717) is 31.4 Å². The first-order chi connectivity index (χ1) is 18.0. The predicted molar refractivity (Wildman–Crippen MR) is 141 cm³/mol. The molecule has 3 aromatic heterocycles. The smallest absolute Gasteiger partial charge is 0.333 e. The fourth-order valence-corrected chi connectivity index (χ4v) is 6.75. The van der Waals surface area contributed by atoms with Crippen LogP contribution in [-0.4, -0.2) is 47.8 Å². The zero-order valence-electron chi connectivity index (χ0n) is 20.2. The Labute approximate surface area is 215 Å². The van der Waals surface area contributed by atoms with Gasteiger partial charge in [-0.3, -0.25) is 23.8 Å². The van der Waals surface area contributed by atoms with Crippen LogP contribution in [0.1, 0.15) is 61.1 Å². The van der Waals surface area contributed by atoms with Gasteiger partial charge in [0.2, 0.25) is 0 Å². The Morgan fingerprint density at radius 2 is 1.73 bits per heavy atom. The SMILES string of the molecule is O=C(NC1CCC(n2c(=O)c3cc(F)cnc3n(C3CCSCC3)c2=O)CC1)c1n[nH]c2ccccc12. The Balaban J connectivity index is 1.26. The van der Waals surface area contributed by atoms with Crippen LogP contribution in [0.5, 0.6) is 0 Å². The molecule has 1 aromatic carbocycles. The number of aromatic amines is 1. The third-order valence-corrected chi connectivity index (χ3v) is 8.61. The van der Waals surface area contributed by atoms with Crippen molar-refractivity contribution in [2.75, 3.05) is 11.5 Å². The molecule has 1 saturated carbocycles. The fourth-order valence-electron chi connectivity index (χ4n) is 5.67. The average Bonchev–Trinajstić information content (AvgIpc) is 3.35. The highest BCUT2D eigenvalue weighted by molar-refractivity contribution is 7.99. The minimum atomic E-state index is -0.599. The molecule has 2 aliphatic rings. The molecule has 0 spiro atoms. The van der Waals surface area contributed by atoms with Crippen LogP contribution in [0, 0.1) is 5.82 Å². The maximum atomic E-state index is 14.1. The van der Waals surface area contributed by atoms with Gasteiger partial charge < -0.3 is 5.32 Å². The first-order valence-electron chi connectivity index (χ1n) is 12.7. The summed E-state index contributed by atoms with van der Waals surface area (Å²) in [4.78, 5) is 44.2. The maximum absolute atomic E-state index is 14.1. The molecule has 0 radical (unpaired) electrons. The highest BCUT2D eigenvalue weighted by atomic mass is 32.2. The molecule has 6 rings (SSSR count). The van der Waals surface area contributed by atoms with Crippen LogP contribution >= 0.6 is 11.8 Å². The first kappa shape index (κ1) is 23.9. The van der Waals surface area contributed by atoms with Crippen LogP contribution in [0.3, 0.4) is 0 Å². The minimum absolute atomic E-state index is 0.0691. The number of pyridine rings is 1. The van der Waals surface area contributed by atoms with Crippen LogP contribution in [0.2, 0.25) is 0 Å². The number of para-hydroxylation sites is 1. The maximum Gasteiger partial charge on any atom is 0.333 e. The van der Waals surface area contributed by atoms with Gasteiger partial charge in [0, 0.05) is 23.5 Å². The van der Waals surface area contributed by atoms with E-state index in [0.717, 1.165) is 41.4 Å². The van der Waals surface area contributed by atoms with Gasteiger partial charge in [-0.25, -0.2) is 14.2 Å². The summed E-state index contributed by atoms with van der Waals surface area (Å²) in [6.45, 7) is 0. The second-order valence-corrected chi connectivity index (χ2v) is 11.0. The summed E-state index contributed by atoms with van der Waals surface area (Å²) >= 11 is 1.84. The molecule has 2 fully saturated rings. The van der Waals surface area contributed by atoms with E-state index in [2.05, 4.69) is 20.5 Å². The van der Waals surface area contributed by atoms with E-state index < -0.39 is 11.4 Å². The molecule has 4 heterocycles. The van der Waals surface area contributed by atoms with Gasteiger partial charge in [0.1, 0.15) is 11.5 Å². The molecule has 1 saturated heterocycles. The van der Waals surface area contributed by atoms with Gasteiger partial charge >= 0.3 is 5.69 Å². The number of nitrogens with zero attached hydrogens (tertiary/aromatic N) is 4. The summed E-state index contributed by atoms with van der Waals surface area (Å²) in [5, 5.41) is 11.0. The second-order valence-electron chi connectivity index (χ2n) is 9.79. The van der Waals surface area contributed by atoms with Crippen LogP contribution in [0.4, 0.5) is 4.39 Å². The summed E-state index contributed by atoms with van der Waals surface area (Å²) in [7, 11) is 0. The number of hydrogen-bond acceptors (Lipinski definition) is 6. The Morgan fingerprint density at radius 1 is 1.00 bits per heavy atom. The monoisotopic (exact) mass is 522 g/mol. The minimum Gasteiger partial charge on any atom is -0.348 e. The second kappa shape index (κ2) is 9.77. The highest BCUT2D eigenvalue weighted by Gasteiger charge is 2.30. The molecule has 37 heavy (non-hydrogen) atoms. The lowest BCUT2D eigenvalue weighted by atomic mass is 9.90. The topological polar surface area (TPSA) is 115 Å². The molecule has 2 N–H and O–H groups in total. The molecule has 1 aliphatic heterocycles. The number of H-pyrrole nitrogens is 1. The summed E-state index contributed by atoms with van der Waals surface area (Å²) in [5.41, 5.74) is 0.543. The number of hydrogen-bond donors (Lipinski definition) is 2. The average molecular weight is 523 g/mol. The van der Waals surface area contributed by atoms with Crippen LogP contribution in [-0.2, 0) is 0 Å². The van der Waals surface area contributed by atoms with E-state index >= 15 is 0 Å². The number of thioether (sulfide) groups is 1. The third kappa shape index (κ3) is 4.35. The van der Waals surface area contributed by atoms with Gasteiger partial charge in [0.05, 0.1) is 17.1 Å². The Bertz CT molecular complexity index is 1600. The van der Waals surface area contributed by atoms with Gasteiger partial charge in [-0.05, 0) is 62.2 Å². The van der Waals surface area contributed by atoms with E-state index in [1.165, 1.54) is 10.6 Å². The number of carbonyl (C=O) groups is 1. The third-order valence-electron chi connectivity index (χ3n) is 7.56. The van der Waals surface area contributed by atoms with Crippen molar-refractivity contribution in [2.24, 2.45) is 0 Å². The molecule has 9 nitrogen and oxygen atoms in total. The Morgan fingerprint density at radius 3 is 2.51 bits per heavy atom. The normalized spacial score (nSPS) is 20.9. The van der Waals surface area contributed by atoms with E-state index in [1.807, 2.05) is 36.0 Å². The molecule has 11 heteroatoms. The van der Waals surface area contributed by atoms with E-state index in [1.54, 1.807) is 4.57 Å². The van der Waals surface area contributed by atoms with Crippen molar-refractivity contribution in [3.8, 4) is 0 Å². The highest BCUT2D eigenvalue weighted by Crippen LogP contribution is 2.30. The van der Waals surface area contributed by atoms with Crippen molar-refractivity contribution in [2.45, 2.75) is 56.7 Å². The molecule has 0 unspecified atom stereocenters. The lowest BCUT2D eigenvalue weighted by molar-refractivity contribution is 0.0918. The van der Waals surface area contributed by atoms with Gasteiger partial charge in [0.15, 0.2) is 5.69 Å². The Hall–Kier alpha value is -3.47. The fraction of sp³-hybridized carbons (Fsp3) is 0.423. The summed E-state index contributed by atoms with van der Waals surface area (Å²) < 4.78 is 17.0. The molecule has 1 aliphatic carbocycles. The largest absolute Gasteiger partial charge is 0.348 e. The summed E-state index contributed by atoms with van der Waals surface area (Å²) in [5.74, 6) is 1.00. The summed E-state index contributed by atoms with van der Waals surface area (Å²) in [6, 6.07) is 8.17. The van der Waals surface area contributed by atoms with E-state index in [9.17, 15) is 18.8 Å². The van der Waals surface area contributed by atoms with Crippen molar-refractivity contribution in [3.63, 3.8) is 0 Å². The Kier molecular flexibility index (Phi) is 6.31. The molecule has 192 valence electrons. The van der Waals surface area contributed by atoms with Crippen LogP contribution in [0.25, 0.3) is 21.9 Å². The van der Waals surface area contributed by atoms with Crippen molar-refractivity contribution < 1.29 is 9.18 Å². The molecule has 0 atom stereocenters. The quantitative estimate of drug-likeness (QED) is 0.424. The van der Waals surface area contributed by atoms with Crippen molar-refractivity contribution in [1.29, 1.82) is 0 Å². The molecule has 0 bridgehead atoms.